The molecule has 2 aromatic carbocycles. The van der Waals surface area contributed by atoms with Crippen LogP contribution in [0.2, 0.25) is 10.0 Å². The first-order valence-electron chi connectivity index (χ1n) is 9.66. The van der Waals surface area contributed by atoms with E-state index in [0.717, 1.165) is 11.3 Å². The standard InChI is InChI=1S/C24H19Cl2N3O3/c1-32-23(31)17(15-21(30)22-19(25)7-3-8-20(22)26)6-2-5-16-9-11-18(12-10-16)29-24-27-13-4-14-28-24/h3-4,7-14,17H,6,15H2,1H3,(H,27,28,29). The summed E-state index contributed by atoms with van der Waals surface area (Å²) in [6, 6.07) is 13.9. The van der Waals surface area contributed by atoms with E-state index in [0.29, 0.717) is 5.95 Å². The molecule has 0 aliphatic carbocycles. The van der Waals surface area contributed by atoms with Gasteiger partial charge in [0, 0.05) is 36.5 Å². The maximum absolute atomic E-state index is 12.7. The Balaban J connectivity index is 1.66. The van der Waals surface area contributed by atoms with Crippen LogP contribution in [-0.4, -0.2) is 28.8 Å². The highest BCUT2D eigenvalue weighted by molar-refractivity contribution is 6.39. The fourth-order valence-corrected chi connectivity index (χ4v) is 3.51. The van der Waals surface area contributed by atoms with Gasteiger partial charge in [-0.15, -0.1) is 0 Å². The van der Waals surface area contributed by atoms with Crippen molar-refractivity contribution < 1.29 is 14.3 Å². The van der Waals surface area contributed by atoms with Gasteiger partial charge in [-0.1, -0.05) is 41.1 Å². The summed E-state index contributed by atoms with van der Waals surface area (Å²) in [5.74, 6) is 4.87. The van der Waals surface area contributed by atoms with E-state index in [9.17, 15) is 9.59 Å². The fourth-order valence-electron chi connectivity index (χ4n) is 2.90. The number of nitrogens with zero attached hydrogens (tertiary/aromatic N) is 2. The van der Waals surface area contributed by atoms with Gasteiger partial charge < -0.3 is 10.1 Å². The number of anilines is 2. The highest BCUT2D eigenvalue weighted by Gasteiger charge is 2.25. The number of Topliss-reactive ketones (excluding diaryl/α,β-unsaturated/α-hetero) is 1. The van der Waals surface area contributed by atoms with Gasteiger partial charge in [-0.2, -0.15) is 0 Å². The molecule has 0 aliphatic heterocycles. The molecule has 0 fully saturated rings. The van der Waals surface area contributed by atoms with E-state index < -0.39 is 11.9 Å². The molecule has 3 aromatic rings. The van der Waals surface area contributed by atoms with Crippen LogP contribution in [-0.2, 0) is 9.53 Å². The highest BCUT2D eigenvalue weighted by Crippen LogP contribution is 2.27. The molecule has 3 rings (SSSR count). The first kappa shape index (κ1) is 23.3. The summed E-state index contributed by atoms with van der Waals surface area (Å²) in [4.78, 5) is 33.1. The van der Waals surface area contributed by atoms with Crippen LogP contribution in [0.25, 0.3) is 0 Å². The molecule has 0 saturated carbocycles. The Morgan fingerprint density at radius 2 is 1.69 bits per heavy atom. The van der Waals surface area contributed by atoms with Crippen molar-refractivity contribution in [1.29, 1.82) is 0 Å². The van der Waals surface area contributed by atoms with E-state index in [1.807, 2.05) is 24.3 Å². The minimum atomic E-state index is -0.733. The Hall–Kier alpha value is -3.40. The van der Waals surface area contributed by atoms with Crippen molar-refractivity contribution in [3.8, 4) is 11.8 Å². The molecule has 1 aromatic heterocycles. The second-order valence-corrected chi connectivity index (χ2v) is 7.54. The van der Waals surface area contributed by atoms with Gasteiger partial charge >= 0.3 is 5.97 Å². The Labute approximate surface area is 195 Å². The number of halogens is 2. The second kappa shape index (κ2) is 11.3. The van der Waals surface area contributed by atoms with Gasteiger partial charge in [-0.25, -0.2) is 9.97 Å². The first-order chi connectivity index (χ1) is 15.5. The zero-order valence-electron chi connectivity index (χ0n) is 17.1. The lowest BCUT2D eigenvalue weighted by molar-refractivity contribution is -0.145. The van der Waals surface area contributed by atoms with Crippen LogP contribution >= 0.6 is 23.2 Å². The van der Waals surface area contributed by atoms with E-state index in [1.54, 1.807) is 36.7 Å². The van der Waals surface area contributed by atoms with Gasteiger partial charge in [0.2, 0.25) is 5.95 Å². The van der Waals surface area contributed by atoms with E-state index in [4.69, 9.17) is 27.9 Å². The lowest BCUT2D eigenvalue weighted by Gasteiger charge is -2.12. The molecule has 6 nitrogen and oxygen atoms in total. The quantitative estimate of drug-likeness (QED) is 0.287. The topological polar surface area (TPSA) is 81.2 Å². The summed E-state index contributed by atoms with van der Waals surface area (Å²) < 4.78 is 4.84. The molecule has 162 valence electrons. The van der Waals surface area contributed by atoms with E-state index >= 15 is 0 Å². The number of ketones is 1. The predicted molar refractivity (Wildman–Crippen MR) is 124 cm³/mol. The van der Waals surface area contributed by atoms with E-state index in [1.165, 1.54) is 7.11 Å². The summed E-state index contributed by atoms with van der Waals surface area (Å²) in [5, 5.41) is 3.57. The molecule has 8 heteroatoms. The highest BCUT2D eigenvalue weighted by atomic mass is 35.5. The Morgan fingerprint density at radius 1 is 1.03 bits per heavy atom. The van der Waals surface area contributed by atoms with Crippen molar-refractivity contribution in [2.75, 3.05) is 12.4 Å². The van der Waals surface area contributed by atoms with Gasteiger partial charge in [0.15, 0.2) is 5.78 Å². The SMILES string of the molecule is COC(=O)C(CC#Cc1ccc(Nc2ncccn2)cc1)CC(=O)c1c(Cl)cccc1Cl. The molecule has 0 amide bonds. The van der Waals surface area contributed by atoms with Crippen molar-refractivity contribution >= 4 is 46.6 Å². The maximum Gasteiger partial charge on any atom is 0.310 e. The third-order valence-electron chi connectivity index (χ3n) is 4.50. The van der Waals surface area contributed by atoms with Crippen LogP contribution in [0, 0.1) is 17.8 Å². The molecule has 32 heavy (non-hydrogen) atoms. The minimum Gasteiger partial charge on any atom is -0.469 e. The molecule has 0 bridgehead atoms. The smallest absolute Gasteiger partial charge is 0.310 e. The summed E-state index contributed by atoms with van der Waals surface area (Å²) >= 11 is 12.2. The Bertz CT molecular complexity index is 1140. The number of nitrogens with one attached hydrogen (secondary N) is 1. The molecule has 1 heterocycles. The van der Waals surface area contributed by atoms with E-state index in [-0.39, 0.29) is 34.2 Å². The van der Waals surface area contributed by atoms with Crippen molar-refractivity contribution in [3.63, 3.8) is 0 Å². The van der Waals surface area contributed by atoms with E-state index in [2.05, 4.69) is 27.1 Å². The number of hydrogen-bond donors (Lipinski definition) is 1. The van der Waals surface area contributed by atoms with Crippen LogP contribution in [0.3, 0.4) is 0 Å². The minimum absolute atomic E-state index is 0.106. The monoisotopic (exact) mass is 467 g/mol. The number of aromatic nitrogens is 2. The van der Waals surface area contributed by atoms with Gasteiger partial charge in [-0.05, 0) is 42.5 Å². The summed E-state index contributed by atoms with van der Waals surface area (Å²) in [6.07, 6.45) is 3.35. The average Bonchev–Trinajstić information content (AvgIpc) is 2.79. The first-order valence-corrected chi connectivity index (χ1v) is 10.4. The predicted octanol–water partition coefficient (Wildman–Crippen LogP) is 5.33. The number of benzene rings is 2. The van der Waals surface area contributed by atoms with Crippen LogP contribution < -0.4 is 5.32 Å². The van der Waals surface area contributed by atoms with Crippen molar-refractivity contribution in [2.24, 2.45) is 5.92 Å². The molecule has 0 radical (unpaired) electrons. The van der Waals surface area contributed by atoms with Crippen molar-refractivity contribution in [1.82, 2.24) is 9.97 Å². The van der Waals surface area contributed by atoms with Gasteiger partial charge in [-0.3, -0.25) is 9.59 Å². The molecule has 1 atom stereocenters. The zero-order valence-corrected chi connectivity index (χ0v) is 18.7. The number of hydrogen-bond acceptors (Lipinski definition) is 6. The van der Waals surface area contributed by atoms with Crippen LogP contribution in [0.4, 0.5) is 11.6 Å². The number of ether oxygens (including phenoxy) is 1. The lowest BCUT2D eigenvalue weighted by Crippen LogP contribution is -2.20. The summed E-state index contributed by atoms with van der Waals surface area (Å²) in [5.41, 5.74) is 1.77. The third kappa shape index (κ3) is 6.30. The maximum atomic E-state index is 12.7. The largest absolute Gasteiger partial charge is 0.469 e. The Kier molecular flexibility index (Phi) is 8.20. The van der Waals surface area contributed by atoms with Crippen LogP contribution in [0.15, 0.2) is 60.9 Å². The zero-order chi connectivity index (χ0) is 22.9. The van der Waals surface area contributed by atoms with Crippen LogP contribution in [0.1, 0.15) is 28.8 Å². The summed E-state index contributed by atoms with van der Waals surface area (Å²) in [6.45, 7) is 0. The van der Waals surface area contributed by atoms with Crippen molar-refractivity contribution in [3.05, 3.63) is 82.1 Å². The molecule has 1 unspecified atom stereocenters. The average molecular weight is 468 g/mol. The lowest BCUT2D eigenvalue weighted by atomic mass is 9.95. The molecule has 0 spiro atoms. The fraction of sp³-hybridized carbons (Fsp3) is 0.167. The van der Waals surface area contributed by atoms with Crippen LogP contribution in [0.5, 0.6) is 0 Å². The molecular formula is C24H19Cl2N3O3. The molecular weight excluding hydrogens is 449 g/mol. The number of rotatable bonds is 7. The van der Waals surface area contributed by atoms with Gasteiger partial charge in [0.25, 0.3) is 0 Å². The molecule has 0 saturated heterocycles. The second-order valence-electron chi connectivity index (χ2n) is 6.72. The number of esters is 1. The molecule has 1 N–H and O–H groups in total. The normalized spacial score (nSPS) is 11.1. The third-order valence-corrected chi connectivity index (χ3v) is 5.13. The number of methoxy groups -OCH3 is 1. The Morgan fingerprint density at radius 3 is 2.31 bits per heavy atom. The van der Waals surface area contributed by atoms with Gasteiger partial charge in [0.1, 0.15) is 0 Å². The molecule has 0 aliphatic rings. The van der Waals surface area contributed by atoms with Gasteiger partial charge in [0.05, 0.1) is 28.6 Å². The number of carbonyl (C=O) groups is 2. The van der Waals surface area contributed by atoms with Crippen molar-refractivity contribution in [2.45, 2.75) is 12.8 Å². The number of carbonyl (C=O) groups excluding carboxylic acids is 2. The summed E-state index contributed by atoms with van der Waals surface area (Å²) in [7, 11) is 1.28.